The maximum Gasteiger partial charge on any atom is 0.311 e. The van der Waals surface area contributed by atoms with Crippen molar-refractivity contribution in [2.24, 2.45) is 11.3 Å². The lowest BCUT2D eigenvalue weighted by molar-refractivity contribution is -0.151. The second-order valence-electron chi connectivity index (χ2n) is 6.31. The van der Waals surface area contributed by atoms with Crippen LogP contribution in [-0.4, -0.2) is 59.5 Å². The molecule has 108 valence electrons. The van der Waals surface area contributed by atoms with E-state index in [1.807, 2.05) is 30.7 Å². The number of rotatable bonds is 5. The zero-order valence-electron chi connectivity index (χ0n) is 12.1. The van der Waals surface area contributed by atoms with Crippen molar-refractivity contribution < 1.29 is 14.7 Å². The van der Waals surface area contributed by atoms with E-state index in [1.165, 1.54) is 0 Å². The molecule has 0 aromatic rings. The highest BCUT2D eigenvalue weighted by atomic mass is 16.4. The second kappa shape index (κ2) is 5.12. The lowest BCUT2D eigenvalue weighted by atomic mass is 9.76. The van der Waals surface area contributed by atoms with Crippen LogP contribution in [0.4, 0.5) is 0 Å². The Morgan fingerprint density at radius 2 is 2.05 bits per heavy atom. The fourth-order valence-electron chi connectivity index (χ4n) is 2.91. The molecule has 5 nitrogen and oxygen atoms in total. The molecule has 1 saturated carbocycles. The van der Waals surface area contributed by atoms with Gasteiger partial charge in [-0.2, -0.15) is 0 Å². The van der Waals surface area contributed by atoms with E-state index in [2.05, 4.69) is 0 Å². The van der Waals surface area contributed by atoms with Crippen molar-refractivity contribution >= 4 is 11.9 Å². The molecule has 2 aliphatic rings. The van der Waals surface area contributed by atoms with Gasteiger partial charge in [0.25, 0.3) is 0 Å². The minimum Gasteiger partial charge on any atom is -0.481 e. The van der Waals surface area contributed by atoms with Gasteiger partial charge in [-0.05, 0) is 31.7 Å². The van der Waals surface area contributed by atoms with Gasteiger partial charge in [0.15, 0.2) is 0 Å². The molecule has 1 aliphatic heterocycles. The predicted molar refractivity (Wildman–Crippen MR) is 71.8 cm³/mol. The molecule has 1 N–H and O–H groups in total. The molecule has 0 aromatic heterocycles. The van der Waals surface area contributed by atoms with Crippen LogP contribution in [0.3, 0.4) is 0 Å². The maximum atomic E-state index is 12.1. The summed E-state index contributed by atoms with van der Waals surface area (Å²) in [6.07, 6.45) is 2.85. The van der Waals surface area contributed by atoms with E-state index in [0.717, 1.165) is 12.8 Å². The highest BCUT2D eigenvalue weighted by Gasteiger charge is 2.47. The molecule has 5 heteroatoms. The van der Waals surface area contributed by atoms with Crippen LogP contribution in [0.5, 0.6) is 0 Å². The van der Waals surface area contributed by atoms with Gasteiger partial charge in [-0.25, -0.2) is 0 Å². The van der Waals surface area contributed by atoms with Crippen molar-refractivity contribution in [1.29, 1.82) is 0 Å². The quantitative estimate of drug-likeness (QED) is 0.809. The molecule has 1 saturated heterocycles. The average Bonchev–Trinajstić information content (AvgIpc) is 3.09. The zero-order chi connectivity index (χ0) is 14.2. The topological polar surface area (TPSA) is 60.9 Å². The molecule has 0 bridgehead atoms. The third-order valence-electron chi connectivity index (χ3n) is 4.76. The van der Waals surface area contributed by atoms with Crippen molar-refractivity contribution in [3.63, 3.8) is 0 Å². The molecule has 1 heterocycles. The number of hydrogen-bond acceptors (Lipinski definition) is 3. The van der Waals surface area contributed by atoms with Gasteiger partial charge in [0.2, 0.25) is 5.91 Å². The first-order valence-electron chi connectivity index (χ1n) is 7.08. The number of likely N-dealkylation sites (N-methyl/N-ethyl adjacent to an activating group) is 1. The smallest absolute Gasteiger partial charge is 0.311 e. The molecular weight excluding hydrogens is 244 g/mol. The normalized spacial score (nSPS) is 27.8. The van der Waals surface area contributed by atoms with Crippen LogP contribution < -0.4 is 0 Å². The second-order valence-corrected chi connectivity index (χ2v) is 6.31. The minimum absolute atomic E-state index is 0.0891. The maximum absolute atomic E-state index is 12.1. The van der Waals surface area contributed by atoms with Gasteiger partial charge < -0.3 is 10.0 Å². The lowest BCUT2D eigenvalue weighted by Crippen LogP contribution is -2.42. The monoisotopic (exact) mass is 268 g/mol. The Hall–Kier alpha value is -1.10. The number of carbonyl (C=O) groups is 2. The molecule has 0 aromatic carbocycles. The first-order chi connectivity index (χ1) is 8.86. The van der Waals surface area contributed by atoms with E-state index in [-0.39, 0.29) is 11.8 Å². The molecule has 1 aliphatic carbocycles. The van der Waals surface area contributed by atoms with Crippen LogP contribution in [0, 0.1) is 11.3 Å². The molecule has 0 radical (unpaired) electrons. The van der Waals surface area contributed by atoms with E-state index in [4.69, 9.17) is 0 Å². The Morgan fingerprint density at radius 1 is 1.42 bits per heavy atom. The summed E-state index contributed by atoms with van der Waals surface area (Å²) in [6, 6.07) is 0.421. The van der Waals surface area contributed by atoms with Gasteiger partial charge >= 0.3 is 5.97 Å². The van der Waals surface area contributed by atoms with Gasteiger partial charge in [-0.15, -0.1) is 0 Å². The third-order valence-corrected chi connectivity index (χ3v) is 4.76. The van der Waals surface area contributed by atoms with Crippen molar-refractivity contribution in [2.75, 3.05) is 26.7 Å². The molecule has 1 amide bonds. The van der Waals surface area contributed by atoms with Gasteiger partial charge in [0.05, 0.1) is 12.0 Å². The molecule has 1 atom stereocenters. The standard InChI is InChI=1S/C14H24N2O3/c1-10(2)14(13(18)19)6-7-16(9-14)8-12(17)15(3)11-4-5-11/h10-11H,4-9H2,1-3H3,(H,18,19). The van der Waals surface area contributed by atoms with Crippen LogP contribution >= 0.6 is 0 Å². The molecule has 0 spiro atoms. The van der Waals surface area contributed by atoms with Crippen LogP contribution in [0.1, 0.15) is 33.1 Å². The van der Waals surface area contributed by atoms with Crippen LogP contribution in [-0.2, 0) is 9.59 Å². The Morgan fingerprint density at radius 3 is 2.47 bits per heavy atom. The Kier molecular flexibility index (Phi) is 3.85. The molecule has 2 fully saturated rings. The molecule has 2 rings (SSSR count). The van der Waals surface area contributed by atoms with Gasteiger partial charge in [0, 0.05) is 19.6 Å². The van der Waals surface area contributed by atoms with E-state index in [9.17, 15) is 14.7 Å². The van der Waals surface area contributed by atoms with Crippen LogP contribution in [0.2, 0.25) is 0 Å². The molecule has 1 unspecified atom stereocenters. The third kappa shape index (κ3) is 2.76. The zero-order valence-corrected chi connectivity index (χ0v) is 12.1. The van der Waals surface area contributed by atoms with Gasteiger partial charge in [-0.1, -0.05) is 13.8 Å². The van der Waals surface area contributed by atoms with Crippen molar-refractivity contribution in [3.8, 4) is 0 Å². The van der Waals surface area contributed by atoms with E-state index in [0.29, 0.717) is 32.1 Å². The summed E-state index contributed by atoms with van der Waals surface area (Å²) in [6.45, 7) is 5.46. The summed E-state index contributed by atoms with van der Waals surface area (Å²) in [5.74, 6) is -0.522. The molecule has 19 heavy (non-hydrogen) atoms. The highest BCUT2D eigenvalue weighted by Crippen LogP contribution is 2.38. The summed E-state index contributed by atoms with van der Waals surface area (Å²) in [5, 5.41) is 9.47. The number of aliphatic carboxylic acids is 1. The highest BCUT2D eigenvalue weighted by molar-refractivity contribution is 5.79. The van der Waals surface area contributed by atoms with Crippen LogP contribution in [0.15, 0.2) is 0 Å². The first kappa shape index (κ1) is 14.3. The van der Waals surface area contributed by atoms with Crippen molar-refractivity contribution in [3.05, 3.63) is 0 Å². The average molecular weight is 268 g/mol. The minimum atomic E-state index is -0.729. The van der Waals surface area contributed by atoms with E-state index >= 15 is 0 Å². The first-order valence-corrected chi connectivity index (χ1v) is 7.08. The van der Waals surface area contributed by atoms with Gasteiger partial charge in [0.1, 0.15) is 0 Å². The lowest BCUT2D eigenvalue weighted by Gasteiger charge is -2.29. The van der Waals surface area contributed by atoms with E-state index in [1.54, 1.807) is 0 Å². The number of carboxylic acid groups (broad SMARTS) is 1. The number of hydrogen-bond donors (Lipinski definition) is 1. The molecular formula is C14H24N2O3. The fourth-order valence-corrected chi connectivity index (χ4v) is 2.91. The number of carboxylic acids is 1. The summed E-state index contributed by atoms with van der Waals surface area (Å²) < 4.78 is 0. The Labute approximate surface area is 114 Å². The van der Waals surface area contributed by atoms with Crippen molar-refractivity contribution in [2.45, 2.75) is 39.2 Å². The van der Waals surface area contributed by atoms with Crippen LogP contribution in [0.25, 0.3) is 0 Å². The number of nitrogens with zero attached hydrogens (tertiary/aromatic N) is 2. The summed E-state index contributed by atoms with van der Waals surface area (Å²) >= 11 is 0. The van der Waals surface area contributed by atoms with E-state index < -0.39 is 11.4 Å². The number of carbonyl (C=O) groups excluding carboxylic acids is 1. The predicted octanol–water partition coefficient (Wildman–Crippen LogP) is 1.04. The SMILES string of the molecule is CC(C)C1(C(=O)O)CCN(CC(=O)N(C)C2CC2)C1. The summed E-state index contributed by atoms with van der Waals surface area (Å²) in [7, 11) is 1.85. The number of amides is 1. The summed E-state index contributed by atoms with van der Waals surface area (Å²) in [4.78, 5) is 27.4. The number of likely N-dealkylation sites (tertiary alicyclic amines) is 1. The Bertz CT molecular complexity index is 379. The largest absolute Gasteiger partial charge is 0.481 e. The van der Waals surface area contributed by atoms with Crippen molar-refractivity contribution in [1.82, 2.24) is 9.80 Å². The Balaban J connectivity index is 1.93. The van der Waals surface area contributed by atoms with Gasteiger partial charge in [-0.3, -0.25) is 14.5 Å². The summed E-state index contributed by atoms with van der Waals surface area (Å²) in [5.41, 5.74) is -0.682. The fraction of sp³-hybridized carbons (Fsp3) is 0.857.